The third kappa shape index (κ3) is 4.95. The molecule has 4 rings (SSSR count). The molecule has 0 saturated heterocycles. The molecule has 0 unspecified atom stereocenters. The van der Waals surface area contributed by atoms with Crippen LogP contribution in [0.1, 0.15) is 28.9 Å². The molecule has 33 heavy (non-hydrogen) atoms. The van der Waals surface area contributed by atoms with E-state index in [1.807, 2.05) is 0 Å². The Hall–Kier alpha value is -3.53. The summed E-state index contributed by atoms with van der Waals surface area (Å²) in [4.78, 5) is 38.6. The number of nitrogens with one attached hydrogen (secondary N) is 1. The van der Waals surface area contributed by atoms with Crippen molar-refractivity contribution in [3.8, 4) is 0 Å². The third-order valence-electron chi connectivity index (χ3n) is 5.36. The van der Waals surface area contributed by atoms with Crippen LogP contribution in [0.15, 0.2) is 36.4 Å². The average Bonchev–Trinajstić information content (AvgIpc) is 3.55. The Bertz CT molecular complexity index is 1260. The molecule has 1 saturated carbocycles. The van der Waals surface area contributed by atoms with E-state index in [4.69, 9.17) is 17.3 Å². The second-order valence-electron chi connectivity index (χ2n) is 7.77. The van der Waals surface area contributed by atoms with E-state index in [-0.39, 0.29) is 47.5 Å². The van der Waals surface area contributed by atoms with E-state index in [1.54, 1.807) is 6.07 Å². The van der Waals surface area contributed by atoms with Gasteiger partial charge in [0.25, 0.3) is 5.91 Å². The van der Waals surface area contributed by atoms with Crippen molar-refractivity contribution in [2.45, 2.75) is 32.0 Å². The largest absolute Gasteiger partial charge is 0.364 e. The molecule has 0 bridgehead atoms. The number of amides is 3. The standard InChI is InChI=1S/C22H20ClF2N5O3/c23-16-3-1-2-12(20(16)25)9-27-18(31)10-29(14-5-6-14)19(32)11-30-17-8-13(24)4-7-15(17)21(28-30)22(26)33/h1-4,7-8,14H,5-6,9-11H2,(H2,26,33)(H,27,31). The second kappa shape index (κ2) is 9.14. The summed E-state index contributed by atoms with van der Waals surface area (Å²) in [5, 5.41) is 6.95. The molecule has 0 spiro atoms. The molecule has 3 N–H and O–H groups in total. The van der Waals surface area contributed by atoms with Crippen molar-refractivity contribution in [2.24, 2.45) is 5.73 Å². The van der Waals surface area contributed by atoms with Crippen LogP contribution in [0, 0.1) is 11.6 Å². The molecule has 11 heteroatoms. The molecule has 3 amide bonds. The third-order valence-corrected chi connectivity index (χ3v) is 5.65. The summed E-state index contributed by atoms with van der Waals surface area (Å²) in [7, 11) is 0. The summed E-state index contributed by atoms with van der Waals surface area (Å²) in [5.41, 5.74) is 5.75. The van der Waals surface area contributed by atoms with Gasteiger partial charge in [0.2, 0.25) is 11.8 Å². The van der Waals surface area contributed by atoms with Gasteiger partial charge < -0.3 is 16.0 Å². The Labute approximate surface area is 192 Å². The van der Waals surface area contributed by atoms with Gasteiger partial charge in [-0.25, -0.2) is 8.78 Å². The van der Waals surface area contributed by atoms with Crippen LogP contribution in [0.5, 0.6) is 0 Å². The summed E-state index contributed by atoms with van der Waals surface area (Å²) in [6, 6.07) is 8.08. The highest BCUT2D eigenvalue weighted by atomic mass is 35.5. The van der Waals surface area contributed by atoms with E-state index in [0.29, 0.717) is 5.39 Å². The van der Waals surface area contributed by atoms with Crippen LogP contribution in [-0.4, -0.2) is 45.0 Å². The van der Waals surface area contributed by atoms with Gasteiger partial charge in [-0.05, 0) is 37.1 Å². The molecule has 1 aromatic heterocycles. The molecular formula is C22H20ClF2N5O3. The molecule has 0 radical (unpaired) electrons. The van der Waals surface area contributed by atoms with Gasteiger partial charge in [-0.3, -0.25) is 19.1 Å². The van der Waals surface area contributed by atoms with E-state index >= 15 is 0 Å². The van der Waals surface area contributed by atoms with Gasteiger partial charge in [0, 0.05) is 23.5 Å². The lowest BCUT2D eigenvalue weighted by molar-refractivity contribution is -0.137. The number of hydrogen-bond donors (Lipinski definition) is 2. The lowest BCUT2D eigenvalue weighted by atomic mass is 10.2. The number of rotatable bonds is 8. The Kier molecular flexibility index (Phi) is 6.28. The first kappa shape index (κ1) is 22.7. The maximum atomic E-state index is 14.0. The zero-order valence-electron chi connectivity index (χ0n) is 17.4. The Balaban J connectivity index is 1.47. The zero-order chi connectivity index (χ0) is 23.7. The maximum Gasteiger partial charge on any atom is 0.269 e. The van der Waals surface area contributed by atoms with Gasteiger partial charge in [-0.2, -0.15) is 5.10 Å². The quantitative estimate of drug-likeness (QED) is 0.521. The molecule has 0 aliphatic heterocycles. The monoisotopic (exact) mass is 475 g/mol. The van der Waals surface area contributed by atoms with Gasteiger partial charge in [-0.1, -0.05) is 23.7 Å². The molecule has 172 valence electrons. The van der Waals surface area contributed by atoms with Crippen molar-refractivity contribution in [1.82, 2.24) is 20.0 Å². The van der Waals surface area contributed by atoms with Crippen LogP contribution in [0.3, 0.4) is 0 Å². The predicted octanol–water partition coefficient (Wildman–Crippen LogP) is 2.37. The normalized spacial score (nSPS) is 13.2. The highest BCUT2D eigenvalue weighted by Gasteiger charge is 2.34. The number of nitrogens with zero attached hydrogens (tertiary/aromatic N) is 3. The summed E-state index contributed by atoms with van der Waals surface area (Å²) in [6.07, 6.45) is 1.48. The second-order valence-corrected chi connectivity index (χ2v) is 8.18. The molecule has 1 aliphatic carbocycles. The zero-order valence-corrected chi connectivity index (χ0v) is 18.1. The van der Waals surface area contributed by atoms with Crippen LogP contribution in [0.25, 0.3) is 10.9 Å². The summed E-state index contributed by atoms with van der Waals surface area (Å²) in [5.74, 6) is -2.86. The number of carbonyl (C=O) groups excluding carboxylic acids is 3. The van der Waals surface area contributed by atoms with Gasteiger partial charge in [-0.15, -0.1) is 0 Å². The van der Waals surface area contributed by atoms with Crippen LogP contribution in [-0.2, 0) is 22.7 Å². The van der Waals surface area contributed by atoms with E-state index in [0.717, 1.165) is 18.9 Å². The van der Waals surface area contributed by atoms with Gasteiger partial charge in [0.05, 0.1) is 17.1 Å². The molecule has 8 nitrogen and oxygen atoms in total. The highest BCUT2D eigenvalue weighted by molar-refractivity contribution is 6.30. The first-order valence-electron chi connectivity index (χ1n) is 10.2. The minimum atomic E-state index is -0.801. The van der Waals surface area contributed by atoms with Crippen molar-refractivity contribution in [2.75, 3.05) is 6.54 Å². The fourth-order valence-corrected chi connectivity index (χ4v) is 3.76. The Morgan fingerprint density at radius 1 is 1.21 bits per heavy atom. The van der Waals surface area contributed by atoms with Crippen LogP contribution in [0.4, 0.5) is 8.78 Å². The van der Waals surface area contributed by atoms with E-state index in [9.17, 15) is 23.2 Å². The van der Waals surface area contributed by atoms with E-state index < -0.39 is 29.4 Å². The molecule has 1 aliphatic rings. The van der Waals surface area contributed by atoms with E-state index in [1.165, 1.54) is 33.8 Å². The topological polar surface area (TPSA) is 110 Å². The molecule has 0 atom stereocenters. The number of nitrogens with two attached hydrogens (primary N) is 1. The number of benzene rings is 2. The number of halogens is 3. The Morgan fingerprint density at radius 3 is 2.67 bits per heavy atom. The van der Waals surface area contributed by atoms with Crippen LogP contribution >= 0.6 is 11.6 Å². The van der Waals surface area contributed by atoms with E-state index in [2.05, 4.69) is 10.4 Å². The minimum absolute atomic E-state index is 0.0465. The Morgan fingerprint density at radius 2 is 1.97 bits per heavy atom. The number of carbonyl (C=O) groups is 3. The predicted molar refractivity (Wildman–Crippen MR) is 116 cm³/mol. The highest BCUT2D eigenvalue weighted by Crippen LogP contribution is 2.27. The summed E-state index contributed by atoms with van der Waals surface area (Å²) in [6.45, 7) is -0.620. The van der Waals surface area contributed by atoms with Crippen molar-refractivity contribution >= 4 is 40.2 Å². The number of hydrogen-bond acceptors (Lipinski definition) is 4. The molecule has 1 fully saturated rings. The van der Waals surface area contributed by atoms with Crippen molar-refractivity contribution in [3.63, 3.8) is 0 Å². The molecule has 2 aromatic carbocycles. The number of fused-ring (bicyclic) bond motifs is 1. The SMILES string of the molecule is NC(=O)c1nn(CC(=O)N(CC(=O)NCc2cccc(Cl)c2F)C2CC2)c2cc(F)ccc12. The molecular weight excluding hydrogens is 456 g/mol. The van der Waals surface area contributed by atoms with Crippen molar-refractivity contribution in [1.29, 1.82) is 0 Å². The van der Waals surface area contributed by atoms with Gasteiger partial charge in [0.1, 0.15) is 18.2 Å². The van der Waals surface area contributed by atoms with Crippen LogP contribution in [0.2, 0.25) is 5.02 Å². The van der Waals surface area contributed by atoms with Gasteiger partial charge >= 0.3 is 0 Å². The van der Waals surface area contributed by atoms with Crippen molar-refractivity contribution < 1.29 is 23.2 Å². The fraction of sp³-hybridized carbons (Fsp3) is 0.273. The molecule has 3 aromatic rings. The first-order chi connectivity index (χ1) is 15.7. The first-order valence-corrected chi connectivity index (χ1v) is 10.6. The lowest BCUT2D eigenvalue weighted by Gasteiger charge is -2.22. The average molecular weight is 476 g/mol. The molecule has 1 heterocycles. The lowest BCUT2D eigenvalue weighted by Crippen LogP contribution is -2.43. The smallest absolute Gasteiger partial charge is 0.269 e. The van der Waals surface area contributed by atoms with Crippen molar-refractivity contribution in [3.05, 3.63) is 64.3 Å². The fourth-order valence-electron chi connectivity index (χ4n) is 3.57. The number of primary amides is 1. The summed E-state index contributed by atoms with van der Waals surface area (Å²) >= 11 is 5.75. The van der Waals surface area contributed by atoms with Crippen LogP contribution < -0.4 is 11.1 Å². The summed E-state index contributed by atoms with van der Waals surface area (Å²) < 4.78 is 29.0. The number of aromatic nitrogens is 2. The minimum Gasteiger partial charge on any atom is -0.364 e. The maximum absolute atomic E-state index is 14.0. The van der Waals surface area contributed by atoms with Gasteiger partial charge in [0.15, 0.2) is 5.69 Å².